The zero-order valence-corrected chi connectivity index (χ0v) is 14.0. The third kappa shape index (κ3) is 3.17. The predicted molar refractivity (Wildman–Crippen MR) is 91.2 cm³/mol. The van der Waals surface area contributed by atoms with E-state index in [0.717, 1.165) is 11.4 Å². The molecule has 2 aromatic heterocycles. The van der Waals surface area contributed by atoms with Crippen LogP contribution in [0.25, 0.3) is 11.4 Å². The molecule has 0 saturated heterocycles. The molecule has 1 aromatic carbocycles. The number of amides is 1. The first-order chi connectivity index (χ1) is 11.6. The zero-order chi connectivity index (χ0) is 17.1. The van der Waals surface area contributed by atoms with Gasteiger partial charge in [-0.2, -0.15) is 0 Å². The van der Waals surface area contributed by atoms with E-state index < -0.39 is 0 Å². The van der Waals surface area contributed by atoms with Crippen LogP contribution >= 0.6 is 0 Å². The van der Waals surface area contributed by atoms with Crippen molar-refractivity contribution in [2.24, 2.45) is 7.05 Å². The molecule has 0 bridgehead atoms. The van der Waals surface area contributed by atoms with Crippen molar-refractivity contribution in [3.05, 3.63) is 66.0 Å². The van der Waals surface area contributed by atoms with Gasteiger partial charge in [0.05, 0.1) is 17.8 Å². The molecule has 6 nitrogen and oxygen atoms in total. The number of nitrogens with zero attached hydrogens (tertiary/aromatic N) is 5. The molecule has 24 heavy (non-hydrogen) atoms. The molecule has 1 amide bonds. The van der Waals surface area contributed by atoms with Gasteiger partial charge >= 0.3 is 0 Å². The molecular formula is C18H19N5O. The highest BCUT2D eigenvalue weighted by molar-refractivity contribution is 5.94. The van der Waals surface area contributed by atoms with Crippen LogP contribution in [0.4, 0.5) is 0 Å². The molecule has 0 atom stereocenters. The maximum atomic E-state index is 12.7. The topological polar surface area (TPSA) is 63.9 Å². The molecule has 3 aromatic rings. The van der Waals surface area contributed by atoms with Crippen LogP contribution < -0.4 is 0 Å². The fraction of sp³-hybridized carbons (Fsp3) is 0.222. The highest BCUT2D eigenvalue weighted by atomic mass is 16.2. The van der Waals surface area contributed by atoms with Crippen molar-refractivity contribution in [3.63, 3.8) is 0 Å². The average Bonchev–Trinajstić information content (AvgIpc) is 3.00. The van der Waals surface area contributed by atoms with Crippen molar-refractivity contribution < 1.29 is 4.79 Å². The molecular weight excluding hydrogens is 302 g/mol. The van der Waals surface area contributed by atoms with E-state index in [1.165, 1.54) is 0 Å². The highest BCUT2D eigenvalue weighted by Crippen LogP contribution is 2.17. The summed E-state index contributed by atoms with van der Waals surface area (Å²) < 4.78 is 1.89. The molecule has 0 saturated carbocycles. The lowest BCUT2D eigenvalue weighted by atomic mass is 10.1. The Morgan fingerprint density at radius 1 is 1.21 bits per heavy atom. The summed E-state index contributed by atoms with van der Waals surface area (Å²) in [6, 6.07) is 9.72. The lowest BCUT2D eigenvalue weighted by Gasteiger charge is -2.17. The number of imidazole rings is 1. The molecule has 0 radical (unpaired) electrons. The van der Waals surface area contributed by atoms with Gasteiger partial charge in [-0.15, -0.1) is 0 Å². The Kier molecular flexibility index (Phi) is 4.37. The fourth-order valence-electron chi connectivity index (χ4n) is 2.44. The minimum absolute atomic E-state index is 0.116. The number of carbonyl (C=O) groups excluding carboxylic acids is 1. The standard InChI is InChI=1S/C18H19N5O/c1-13-15(11-20-17(21-13)14-7-5-4-6-8-14)18(24)23(3)12-16-19-9-10-22(16)2/h4-11H,12H2,1-3H3. The van der Waals surface area contributed by atoms with Gasteiger partial charge in [-0.25, -0.2) is 15.0 Å². The highest BCUT2D eigenvalue weighted by Gasteiger charge is 2.18. The smallest absolute Gasteiger partial charge is 0.257 e. The second-order valence-corrected chi connectivity index (χ2v) is 5.67. The van der Waals surface area contributed by atoms with Gasteiger partial charge in [0.25, 0.3) is 5.91 Å². The quantitative estimate of drug-likeness (QED) is 0.740. The van der Waals surface area contributed by atoms with E-state index in [2.05, 4.69) is 15.0 Å². The van der Waals surface area contributed by atoms with Gasteiger partial charge in [-0.05, 0) is 6.92 Å². The summed E-state index contributed by atoms with van der Waals surface area (Å²) in [7, 11) is 3.66. The second kappa shape index (κ2) is 6.62. The number of hydrogen-bond acceptors (Lipinski definition) is 4. The summed E-state index contributed by atoms with van der Waals surface area (Å²) in [5.41, 5.74) is 2.10. The summed E-state index contributed by atoms with van der Waals surface area (Å²) >= 11 is 0. The van der Waals surface area contributed by atoms with Crippen LogP contribution in [-0.2, 0) is 13.6 Å². The summed E-state index contributed by atoms with van der Waals surface area (Å²) in [5, 5.41) is 0. The molecule has 0 aliphatic heterocycles. The van der Waals surface area contributed by atoms with E-state index in [0.29, 0.717) is 23.6 Å². The molecule has 0 spiro atoms. The largest absolute Gasteiger partial charge is 0.337 e. The van der Waals surface area contributed by atoms with Crippen molar-refractivity contribution in [2.75, 3.05) is 7.05 Å². The van der Waals surface area contributed by atoms with Crippen molar-refractivity contribution in [3.8, 4) is 11.4 Å². The number of rotatable bonds is 4. The zero-order valence-electron chi connectivity index (χ0n) is 14.0. The summed E-state index contributed by atoms with van der Waals surface area (Å²) in [4.78, 5) is 27.4. The Morgan fingerprint density at radius 3 is 2.58 bits per heavy atom. The van der Waals surface area contributed by atoms with Crippen LogP contribution in [0.15, 0.2) is 48.9 Å². The second-order valence-electron chi connectivity index (χ2n) is 5.67. The van der Waals surface area contributed by atoms with Crippen LogP contribution in [0.1, 0.15) is 21.9 Å². The Hall–Kier alpha value is -3.02. The van der Waals surface area contributed by atoms with Gasteiger partial charge in [0.2, 0.25) is 0 Å². The van der Waals surface area contributed by atoms with Crippen LogP contribution in [0.5, 0.6) is 0 Å². The minimum Gasteiger partial charge on any atom is -0.337 e. The first kappa shape index (κ1) is 15.9. The van der Waals surface area contributed by atoms with Crippen LogP contribution in [0, 0.1) is 6.92 Å². The number of hydrogen-bond donors (Lipinski definition) is 0. The lowest BCUT2D eigenvalue weighted by Crippen LogP contribution is -2.28. The number of benzene rings is 1. The van der Waals surface area contributed by atoms with Crippen LogP contribution in [0.2, 0.25) is 0 Å². The van der Waals surface area contributed by atoms with Crippen molar-refractivity contribution in [2.45, 2.75) is 13.5 Å². The van der Waals surface area contributed by atoms with Crippen LogP contribution in [-0.4, -0.2) is 37.4 Å². The van der Waals surface area contributed by atoms with Crippen molar-refractivity contribution in [1.82, 2.24) is 24.4 Å². The normalized spacial score (nSPS) is 10.6. The Balaban J connectivity index is 1.81. The van der Waals surface area contributed by atoms with Gasteiger partial charge in [0.1, 0.15) is 5.82 Å². The third-order valence-electron chi connectivity index (χ3n) is 3.89. The van der Waals surface area contributed by atoms with E-state index in [1.54, 1.807) is 24.3 Å². The van der Waals surface area contributed by atoms with Gasteiger partial charge in [-0.3, -0.25) is 4.79 Å². The summed E-state index contributed by atoms with van der Waals surface area (Å²) in [6.45, 7) is 2.26. The Morgan fingerprint density at radius 2 is 1.96 bits per heavy atom. The van der Waals surface area contributed by atoms with E-state index in [-0.39, 0.29) is 5.91 Å². The fourth-order valence-corrected chi connectivity index (χ4v) is 2.44. The molecule has 0 aliphatic carbocycles. The number of aryl methyl sites for hydroxylation is 2. The lowest BCUT2D eigenvalue weighted by molar-refractivity contribution is 0.0779. The molecule has 0 aliphatic rings. The van der Waals surface area contributed by atoms with E-state index >= 15 is 0 Å². The SMILES string of the molecule is Cc1nc(-c2ccccc2)ncc1C(=O)N(C)Cc1nccn1C. The molecule has 3 rings (SSSR count). The van der Waals surface area contributed by atoms with Gasteiger partial charge < -0.3 is 9.47 Å². The number of aromatic nitrogens is 4. The first-order valence-corrected chi connectivity index (χ1v) is 7.67. The first-order valence-electron chi connectivity index (χ1n) is 7.67. The Bertz CT molecular complexity index is 857. The molecule has 6 heteroatoms. The van der Waals surface area contributed by atoms with E-state index in [4.69, 9.17) is 0 Å². The van der Waals surface area contributed by atoms with Gasteiger partial charge in [0.15, 0.2) is 5.82 Å². The predicted octanol–water partition coefficient (Wildman–Crippen LogP) is 2.46. The van der Waals surface area contributed by atoms with E-state index in [1.807, 2.05) is 55.1 Å². The monoisotopic (exact) mass is 321 g/mol. The maximum Gasteiger partial charge on any atom is 0.257 e. The Labute approximate surface area is 140 Å². The average molecular weight is 321 g/mol. The van der Waals surface area contributed by atoms with Crippen LogP contribution in [0.3, 0.4) is 0 Å². The van der Waals surface area contributed by atoms with Gasteiger partial charge in [0, 0.05) is 38.2 Å². The van der Waals surface area contributed by atoms with E-state index in [9.17, 15) is 4.79 Å². The molecule has 0 fully saturated rings. The third-order valence-corrected chi connectivity index (χ3v) is 3.89. The van der Waals surface area contributed by atoms with Crippen molar-refractivity contribution >= 4 is 5.91 Å². The molecule has 122 valence electrons. The number of carbonyl (C=O) groups is 1. The maximum absolute atomic E-state index is 12.7. The van der Waals surface area contributed by atoms with Gasteiger partial charge in [-0.1, -0.05) is 30.3 Å². The minimum atomic E-state index is -0.116. The summed E-state index contributed by atoms with van der Waals surface area (Å²) in [5.74, 6) is 1.33. The molecule has 0 N–H and O–H groups in total. The molecule has 2 heterocycles. The summed E-state index contributed by atoms with van der Waals surface area (Å²) in [6.07, 6.45) is 5.18. The van der Waals surface area contributed by atoms with Crippen molar-refractivity contribution in [1.29, 1.82) is 0 Å². The molecule has 0 unspecified atom stereocenters.